The lowest BCUT2D eigenvalue weighted by atomic mass is 10.0. The third kappa shape index (κ3) is 5.52. The zero-order valence-electron chi connectivity index (χ0n) is 18.5. The number of amides is 1. The Labute approximate surface area is 183 Å². The van der Waals surface area contributed by atoms with Crippen molar-refractivity contribution in [2.75, 3.05) is 50.5 Å². The van der Waals surface area contributed by atoms with Crippen LogP contribution in [0.25, 0.3) is 11.1 Å². The molecule has 31 heavy (non-hydrogen) atoms. The molecule has 1 aliphatic rings. The van der Waals surface area contributed by atoms with Crippen LogP contribution < -0.4 is 21.1 Å². The second kappa shape index (κ2) is 10.8. The topological polar surface area (TPSA) is 93.4 Å². The Kier molecular flexibility index (Phi) is 7.83. The molecule has 0 spiro atoms. The van der Waals surface area contributed by atoms with Crippen LogP contribution in [0.2, 0.25) is 0 Å². The number of H-pyrrole nitrogens is 1. The van der Waals surface area contributed by atoms with Gasteiger partial charge in [-0.1, -0.05) is 6.08 Å². The molecule has 2 aromatic rings. The van der Waals surface area contributed by atoms with Gasteiger partial charge in [-0.15, -0.1) is 0 Å². The highest BCUT2D eigenvalue weighted by atomic mass is 16.2. The van der Waals surface area contributed by atoms with Crippen LogP contribution in [0.3, 0.4) is 0 Å². The van der Waals surface area contributed by atoms with E-state index in [0.717, 1.165) is 36.3 Å². The van der Waals surface area contributed by atoms with Gasteiger partial charge < -0.3 is 25.4 Å². The molecule has 0 radical (unpaired) electrons. The number of likely N-dealkylation sites (N-methyl/N-ethyl adjacent to an activating group) is 2. The lowest BCUT2D eigenvalue weighted by molar-refractivity contribution is -0.127. The van der Waals surface area contributed by atoms with E-state index in [1.54, 1.807) is 18.5 Å². The number of anilines is 2. The summed E-state index contributed by atoms with van der Waals surface area (Å²) >= 11 is 0. The second-order valence-corrected chi connectivity index (χ2v) is 7.61. The highest BCUT2D eigenvalue weighted by Crippen LogP contribution is 2.26. The van der Waals surface area contributed by atoms with E-state index < -0.39 is 0 Å². The molecule has 1 aliphatic heterocycles. The molecule has 1 atom stereocenters. The van der Waals surface area contributed by atoms with Gasteiger partial charge in [-0.3, -0.25) is 9.59 Å². The third-order valence-corrected chi connectivity index (χ3v) is 5.61. The molecule has 8 nitrogen and oxygen atoms in total. The van der Waals surface area contributed by atoms with Crippen molar-refractivity contribution in [2.45, 2.75) is 25.8 Å². The van der Waals surface area contributed by atoms with Gasteiger partial charge in [0.05, 0.1) is 0 Å². The molecule has 3 rings (SSSR count). The molecule has 1 amide bonds. The van der Waals surface area contributed by atoms with E-state index in [1.165, 1.54) is 0 Å². The number of carbonyl (C=O) groups excluding carboxylic acids is 1. The summed E-state index contributed by atoms with van der Waals surface area (Å²) in [6.45, 7) is 4.76. The lowest BCUT2D eigenvalue weighted by Gasteiger charge is -2.39. The molecule has 3 N–H and O–H groups in total. The molecule has 0 bridgehead atoms. The van der Waals surface area contributed by atoms with Crippen molar-refractivity contribution in [2.24, 2.45) is 0 Å². The van der Waals surface area contributed by atoms with Gasteiger partial charge in [0.2, 0.25) is 5.91 Å². The average Bonchev–Trinajstić information content (AvgIpc) is 2.81. The first-order valence-electron chi connectivity index (χ1n) is 10.8. The minimum absolute atomic E-state index is 0.0232. The highest BCUT2D eigenvalue weighted by molar-refractivity contribution is 5.87. The number of aromatic amines is 1. The van der Waals surface area contributed by atoms with Crippen molar-refractivity contribution in [3.8, 4) is 11.1 Å². The molecule has 3 heterocycles. The number of carbonyl (C=O) groups is 1. The minimum atomic E-state index is -0.120. The quantitative estimate of drug-likeness (QED) is 0.562. The van der Waals surface area contributed by atoms with Gasteiger partial charge in [-0.2, -0.15) is 0 Å². The summed E-state index contributed by atoms with van der Waals surface area (Å²) in [4.78, 5) is 36.4. The van der Waals surface area contributed by atoms with Crippen LogP contribution >= 0.6 is 0 Å². The number of nitrogens with zero attached hydrogens (tertiary/aromatic N) is 3. The maximum absolute atomic E-state index is 12.7. The molecule has 1 saturated heterocycles. The largest absolute Gasteiger partial charge is 0.373 e. The average molecular weight is 425 g/mol. The zero-order chi connectivity index (χ0) is 22.2. The first-order valence-corrected chi connectivity index (χ1v) is 10.8. The van der Waals surface area contributed by atoms with Gasteiger partial charge in [-0.25, -0.2) is 4.98 Å². The van der Waals surface area contributed by atoms with E-state index in [2.05, 4.69) is 25.5 Å². The molecule has 0 saturated carbocycles. The van der Waals surface area contributed by atoms with Crippen LogP contribution in [0.4, 0.5) is 11.5 Å². The summed E-state index contributed by atoms with van der Waals surface area (Å²) < 4.78 is 0. The molecular weight excluding hydrogens is 392 g/mol. The molecule has 166 valence electrons. The van der Waals surface area contributed by atoms with Crippen LogP contribution in [0.1, 0.15) is 19.8 Å². The first kappa shape index (κ1) is 22.6. The molecule has 1 fully saturated rings. The fraction of sp³-hybridized carbons (Fsp3) is 0.435. The van der Waals surface area contributed by atoms with Crippen molar-refractivity contribution in [3.63, 3.8) is 0 Å². The Morgan fingerprint density at radius 3 is 2.94 bits per heavy atom. The fourth-order valence-corrected chi connectivity index (χ4v) is 4.02. The summed E-state index contributed by atoms with van der Waals surface area (Å²) in [5, 5.41) is 6.05. The van der Waals surface area contributed by atoms with Crippen molar-refractivity contribution in [3.05, 3.63) is 53.1 Å². The number of nitrogens with one attached hydrogen (secondary N) is 3. The van der Waals surface area contributed by atoms with Crippen molar-refractivity contribution in [1.29, 1.82) is 0 Å². The summed E-state index contributed by atoms with van der Waals surface area (Å²) in [6, 6.07) is 5.91. The second-order valence-electron chi connectivity index (χ2n) is 7.61. The third-order valence-electron chi connectivity index (χ3n) is 5.61. The van der Waals surface area contributed by atoms with Crippen LogP contribution in [0, 0.1) is 0 Å². The van der Waals surface area contributed by atoms with E-state index >= 15 is 0 Å². The molecule has 0 unspecified atom stereocenters. The van der Waals surface area contributed by atoms with Crippen molar-refractivity contribution >= 4 is 17.4 Å². The Morgan fingerprint density at radius 1 is 1.35 bits per heavy atom. The Bertz CT molecular complexity index is 971. The monoisotopic (exact) mass is 424 g/mol. The SMILES string of the molecule is CCN(c1cc(-c2ccnc(NC)c2)c[nH]c1=O)[C@@H]1CCCN(C(=O)C=CCNC)C1. The zero-order valence-corrected chi connectivity index (χ0v) is 18.5. The van der Waals surface area contributed by atoms with E-state index in [9.17, 15) is 9.59 Å². The lowest BCUT2D eigenvalue weighted by Crippen LogP contribution is -2.50. The first-order chi connectivity index (χ1) is 15.1. The maximum atomic E-state index is 12.7. The fourth-order valence-electron chi connectivity index (χ4n) is 4.02. The van der Waals surface area contributed by atoms with E-state index in [4.69, 9.17) is 0 Å². The smallest absolute Gasteiger partial charge is 0.271 e. The van der Waals surface area contributed by atoms with Gasteiger partial charge >= 0.3 is 0 Å². The molecular formula is C23H32N6O2. The normalized spacial score (nSPS) is 16.5. The van der Waals surface area contributed by atoms with E-state index in [-0.39, 0.29) is 17.5 Å². The van der Waals surface area contributed by atoms with E-state index in [1.807, 2.05) is 50.2 Å². The van der Waals surface area contributed by atoms with Crippen LogP contribution in [-0.2, 0) is 4.79 Å². The van der Waals surface area contributed by atoms with Crippen molar-refractivity contribution in [1.82, 2.24) is 20.2 Å². The van der Waals surface area contributed by atoms with Crippen LogP contribution in [-0.4, -0.2) is 67.1 Å². The standard InChI is InChI=1S/C23H32N6O2/c1-4-29(19-7-6-12-28(16-19)22(30)8-5-10-24-2)20-13-18(15-27-23(20)31)17-9-11-26-21(14-17)25-3/h5,8-9,11,13-15,19,24H,4,6-7,10,12,16H2,1-3H3,(H,25,26)(H,27,31)/t19-/m1/s1. The number of pyridine rings is 2. The minimum Gasteiger partial charge on any atom is -0.373 e. The molecule has 2 aromatic heterocycles. The number of likely N-dealkylation sites (tertiary alicyclic amines) is 1. The van der Waals surface area contributed by atoms with Crippen LogP contribution in [0.5, 0.6) is 0 Å². The predicted molar refractivity (Wildman–Crippen MR) is 126 cm³/mol. The van der Waals surface area contributed by atoms with E-state index in [0.29, 0.717) is 25.3 Å². The van der Waals surface area contributed by atoms with Gasteiger partial charge in [0, 0.05) is 63.3 Å². The number of hydrogen-bond donors (Lipinski definition) is 3. The summed E-state index contributed by atoms with van der Waals surface area (Å²) in [7, 11) is 3.68. The predicted octanol–water partition coefficient (Wildman–Crippen LogP) is 2.07. The Balaban J connectivity index is 1.84. The summed E-state index contributed by atoms with van der Waals surface area (Å²) in [6.07, 6.45) is 8.81. The van der Waals surface area contributed by atoms with Gasteiger partial charge in [0.15, 0.2) is 0 Å². The number of piperidine rings is 1. The molecule has 8 heteroatoms. The van der Waals surface area contributed by atoms with Crippen molar-refractivity contribution < 1.29 is 4.79 Å². The Morgan fingerprint density at radius 2 is 2.19 bits per heavy atom. The number of rotatable bonds is 8. The number of aromatic nitrogens is 2. The highest BCUT2D eigenvalue weighted by Gasteiger charge is 2.28. The molecule has 0 aliphatic carbocycles. The summed E-state index contributed by atoms with van der Waals surface area (Å²) in [5.74, 6) is 0.792. The summed E-state index contributed by atoms with van der Waals surface area (Å²) in [5.41, 5.74) is 2.41. The van der Waals surface area contributed by atoms with Gasteiger partial charge in [0.25, 0.3) is 5.56 Å². The number of hydrogen-bond acceptors (Lipinski definition) is 6. The Hall–Kier alpha value is -3.13. The maximum Gasteiger partial charge on any atom is 0.271 e. The van der Waals surface area contributed by atoms with Gasteiger partial charge in [0.1, 0.15) is 11.5 Å². The molecule has 0 aromatic carbocycles. The van der Waals surface area contributed by atoms with Gasteiger partial charge in [-0.05, 0) is 50.6 Å². The van der Waals surface area contributed by atoms with Crippen LogP contribution in [0.15, 0.2) is 47.5 Å².